The van der Waals surface area contributed by atoms with Crippen molar-refractivity contribution < 1.29 is 4.74 Å². The lowest BCUT2D eigenvalue weighted by Gasteiger charge is -2.43. The van der Waals surface area contributed by atoms with Gasteiger partial charge in [0, 0.05) is 38.9 Å². The van der Waals surface area contributed by atoms with Crippen LogP contribution in [0.3, 0.4) is 0 Å². The van der Waals surface area contributed by atoms with E-state index >= 15 is 0 Å². The standard InChI is InChI=1S/C18H30N4O/c1-15-5-7-16(8-6-15)13-20-17(19-2)21-14-18(22(3)4)9-11-23-12-10-18/h5-8H,9-14H2,1-4H3,(H2,19,20,21). The normalized spacial score (nSPS) is 18.0. The molecule has 0 saturated carbocycles. The van der Waals surface area contributed by atoms with Gasteiger partial charge in [-0.15, -0.1) is 0 Å². The van der Waals surface area contributed by atoms with Gasteiger partial charge in [0.1, 0.15) is 0 Å². The Labute approximate surface area is 140 Å². The van der Waals surface area contributed by atoms with E-state index < -0.39 is 0 Å². The third-order valence-corrected chi connectivity index (χ3v) is 4.76. The second kappa shape index (κ2) is 8.31. The van der Waals surface area contributed by atoms with Crippen LogP contribution in [0.5, 0.6) is 0 Å². The zero-order valence-electron chi connectivity index (χ0n) is 14.9. The Hall–Kier alpha value is -1.59. The molecule has 0 bridgehead atoms. The molecule has 0 radical (unpaired) electrons. The van der Waals surface area contributed by atoms with E-state index in [0.717, 1.165) is 45.1 Å². The average Bonchev–Trinajstić information content (AvgIpc) is 2.57. The Kier molecular flexibility index (Phi) is 6.42. The van der Waals surface area contributed by atoms with Gasteiger partial charge in [-0.3, -0.25) is 4.99 Å². The maximum atomic E-state index is 5.52. The van der Waals surface area contributed by atoms with E-state index in [2.05, 4.69) is 65.8 Å². The quantitative estimate of drug-likeness (QED) is 0.642. The first-order valence-electron chi connectivity index (χ1n) is 8.31. The summed E-state index contributed by atoms with van der Waals surface area (Å²) in [6, 6.07) is 8.57. The fourth-order valence-corrected chi connectivity index (χ4v) is 2.89. The lowest BCUT2D eigenvalue weighted by molar-refractivity contribution is -0.00501. The van der Waals surface area contributed by atoms with E-state index in [-0.39, 0.29) is 5.54 Å². The minimum atomic E-state index is 0.139. The molecule has 1 aliphatic heterocycles. The molecule has 5 nitrogen and oxygen atoms in total. The molecule has 1 fully saturated rings. The molecule has 23 heavy (non-hydrogen) atoms. The van der Waals surface area contributed by atoms with Crippen LogP contribution < -0.4 is 10.6 Å². The van der Waals surface area contributed by atoms with Crippen LogP contribution in [0.4, 0.5) is 0 Å². The summed E-state index contributed by atoms with van der Waals surface area (Å²) in [4.78, 5) is 6.66. The van der Waals surface area contributed by atoms with E-state index in [1.165, 1.54) is 11.1 Å². The van der Waals surface area contributed by atoms with Crippen molar-refractivity contribution >= 4 is 5.96 Å². The molecule has 1 saturated heterocycles. The summed E-state index contributed by atoms with van der Waals surface area (Å²) >= 11 is 0. The number of hydrogen-bond acceptors (Lipinski definition) is 3. The molecule has 0 amide bonds. The molecule has 0 atom stereocenters. The van der Waals surface area contributed by atoms with Gasteiger partial charge in [-0.2, -0.15) is 0 Å². The fraction of sp³-hybridized carbons (Fsp3) is 0.611. The van der Waals surface area contributed by atoms with E-state index in [1.54, 1.807) is 0 Å². The molecular weight excluding hydrogens is 288 g/mol. The van der Waals surface area contributed by atoms with Gasteiger partial charge in [-0.05, 0) is 39.4 Å². The molecular formula is C18H30N4O. The Bertz CT molecular complexity index is 504. The van der Waals surface area contributed by atoms with Crippen LogP contribution in [0, 0.1) is 6.92 Å². The second-order valence-electron chi connectivity index (χ2n) is 6.50. The van der Waals surface area contributed by atoms with Gasteiger partial charge in [-0.1, -0.05) is 29.8 Å². The number of aliphatic imine (C=N–C) groups is 1. The molecule has 5 heteroatoms. The van der Waals surface area contributed by atoms with Crippen LogP contribution in [-0.2, 0) is 11.3 Å². The van der Waals surface area contributed by atoms with Gasteiger partial charge < -0.3 is 20.3 Å². The smallest absolute Gasteiger partial charge is 0.191 e. The third kappa shape index (κ3) is 4.94. The van der Waals surface area contributed by atoms with Crippen molar-refractivity contribution in [1.82, 2.24) is 15.5 Å². The number of rotatable bonds is 5. The molecule has 0 unspecified atom stereocenters. The highest BCUT2D eigenvalue weighted by Crippen LogP contribution is 2.24. The summed E-state index contributed by atoms with van der Waals surface area (Å²) in [6.45, 7) is 5.41. The maximum absolute atomic E-state index is 5.52. The molecule has 2 rings (SSSR count). The van der Waals surface area contributed by atoms with E-state index in [1.807, 2.05) is 7.05 Å². The summed E-state index contributed by atoms with van der Waals surface area (Å²) in [7, 11) is 6.11. The first-order valence-corrected chi connectivity index (χ1v) is 8.31. The lowest BCUT2D eigenvalue weighted by Crippen LogP contribution is -2.57. The summed E-state index contributed by atoms with van der Waals surface area (Å²) in [6.07, 6.45) is 2.09. The average molecular weight is 318 g/mol. The molecule has 0 aliphatic carbocycles. The number of likely N-dealkylation sites (N-methyl/N-ethyl adjacent to an activating group) is 1. The molecule has 1 aromatic rings. The van der Waals surface area contributed by atoms with Gasteiger partial charge in [0.05, 0.1) is 0 Å². The Morgan fingerprint density at radius 2 is 1.83 bits per heavy atom. The van der Waals surface area contributed by atoms with Crippen molar-refractivity contribution in [1.29, 1.82) is 0 Å². The van der Waals surface area contributed by atoms with Gasteiger partial charge in [0.2, 0.25) is 0 Å². The van der Waals surface area contributed by atoms with Gasteiger partial charge >= 0.3 is 0 Å². The zero-order chi connectivity index (χ0) is 16.7. The molecule has 0 spiro atoms. The maximum Gasteiger partial charge on any atom is 0.191 e. The van der Waals surface area contributed by atoms with Gasteiger partial charge in [-0.25, -0.2) is 0 Å². The predicted molar refractivity (Wildman–Crippen MR) is 95.9 cm³/mol. The number of nitrogens with zero attached hydrogens (tertiary/aromatic N) is 2. The third-order valence-electron chi connectivity index (χ3n) is 4.76. The summed E-state index contributed by atoms with van der Waals surface area (Å²) in [5, 5.41) is 6.87. The SMILES string of the molecule is CN=C(NCc1ccc(C)cc1)NCC1(N(C)C)CCOCC1. The van der Waals surface area contributed by atoms with Crippen molar-refractivity contribution in [2.75, 3.05) is 40.9 Å². The molecule has 2 N–H and O–H groups in total. The van der Waals surface area contributed by atoms with Gasteiger partial charge in [0.15, 0.2) is 5.96 Å². The second-order valence-corrected chi connectivity index (χ2v) is 6.50. The molecule has 1 aromatic carbocycles. The van der Waals surface area contributed by atoms with Crippen molar-refractivity contribution in [3.63, 3.8) is 0 Å². The Balaban J connectivity index is 1.87. The monoisotopic (exact) mass is 318 g/mol. The molecule has 0 aromatic heterocycles. The summed E-state index contributed by atoms with van der Waals surface area (Å²) in [5.41, 5.74) is 2.68. The lowest BCUT2D eigenvalue weighted by atomic mass is 9.88. The highest BCUT2D eigenvalue weighted by atomic mass is 16.5. The minimum absolute atomic E-state index is 0.139. The predicted octanol–water partition coefficient (Wildman–Crippen LogP) is 1.77. The zero-order valence-corrected chi connectivity index (χ0v) is 14.9. The number of ether oxygens (including phenoxy) is 1. The van der Waals surface area contributed by atoms with Crippen LogP contribution in [0.2, 0.25) is 0 Å². The summed E-state index contributed by atoms with van der Waals surface area (Å²) < 4.78 is 5.52. The molecule has 128 valence electrons. The first-order chi connectivity index (χ1) is 11.1. The van der Waals surface area contributed by atoms with Crippen molar-refractivity contribution in [2.45, 2.75) is 31.8 Å². The molecule has 1 heterocycles. The number of hydrogen-bond donors (Lipinski definition) is 2. The first kappa shape index (κ1) is 17.8. The van der Waals surface area contributed by atoms with Crippen molar-refractivity contribution in [2.24, 2.45) is 4.99 Å². The van der Waals surface area contributed by atoms with Crippen molar-refractivity contribution in [3.8, 4) is 0 Å². The van der Waals surface area contributed by atoms with Crippen LogP contribution in [0.25, 0.3) is 0 Å². The van der Waals surface area contributed by atoms with Crippen LogP contribution in [0.15, 0.2) is 29.3 Å². The fourth-order valence-electron chi connectivity index (χ4n) is 2.89. The molecule has 1 aliphatic rings. The van der Waals surface area contributed by atoms with Crippen LogP contribution in [0.1, 0.15) is 24.0 Å². The number of aryl methyl sites for hydroxylation is 1. The van der Waals surface area contributed by atoms with E-state index in [0.29, 0.717) is 0 Å². The highest BCUT2D eigenvalue weighted by Gasteiger charge is 2.34. The van der Waals surface area contributed by atoms with Crippen LogP contribution in [-0.4, -0.2) is 57.3 Å². The van der Waals surface area contributed by atoms with Gasteiger partial charge in [0.25, 0.3) is 0 Å². The number of benzene rings is 1. The Morgan fingerprint density at radius 3 is 2.39 bits per heavy atom. The van der Waals surface area contributed by atoms with E-state index in [4.69, 9.17) is 4.74 Å². The van der Waals surface area contributed by atoms with Crippen LogP contribution >= 0.6 is 0 Å². The largest absolute Gasteiger partial charge is 0.381 e. The Morgan fingerprint density at radius 1 is 1.17 bits per heavy atom. The van der Waals surface area contributed by atoms with Crippen molar-refractivity contribution in [3.05, 3.63) is 35.4 Å². The number of guanidine groups is 1. The minimum Gasteiger partial charge on any atom is -0.381 e. The number of nitrogens with one attached hydrogen (secondary N) is 2. The topological polar surface area (TPSA) is 48.9 Å². The summed E-state index contributed by atoms with van der Waals surface area (Å²) in [5.74, 6) is 0.846. The van der Waals surface area contributed by atoms with E-state index in [9.17, 15) is 0 Å². The highest BCUT2D eigenvalue weighted by molar-refractivity contribution is 5.79.